The Hall–Kier alpha value is -0.0400. The maximum atomic E-state index is 3.77. The molecule has 0 aromatic rings. The molecule has 2 atom stereocenters. The highest BCUT2D eigenvalue weighted by atomic mass is 14.9. The van der Waals surface area contributed by atoms with E-state index in [4.69, 9.17) is 0 Å². The standard InChI is InChI=1S/C15H31N/c1-3-5-6-7-13-16-15-10-8-9-14(4-2)11-12-15/h14-16H,3-13H2,1-2H3. The van der Waals surface area contributed by atoms with E-state index in [-0.39, 0.29) is 0 Å². The summed E-state index contributed by atoms with van der Waals surface area (Å²) in [6.45, 7) is 5.88. The highest BCUT2D eigenvalue weighted by Gasteiger charge is 2.16. The van der Waals surface area contributed by atoms with Crippen LogP contribution in [0.25, 0.3) is 0 Å². The van der Waals surface area contributed by atoms with E-state index in [0.717, 1.165) is 12.0 Å². The second kappa shape index (κ2) is 9.04. The minimum Gasteiger partial charge on any atom is -0.314 e. The Labute approximate surface area is 102 Å². The summed E-state index contributed by atoms with van der Waals surface area (Å²) in [5.41, 5.74) is 0. The van der Waals surface area contributed by atoms with Gasteiger partial charge < -0.3 is 5.32 Å². The van der Waals surface area contributed by atoms with Crippen LogP contribution in [0.1, 0.15) is 78.1 Å². The zero-order valence-corrected chi connectivity index (χ0v) is 11.4. The van der Waals surface area contributed by atoms with Gasteiger partial charge in [-0.1, -0.05) is 52.4 Å². The first-order valence-corrected chi connectivity index (χ1v) is 7.60. The smallest absolute Gasteiger partial charge is 0.00671 e. The van der Waals surface area contributed by atoms with E-state index in [1.54, 1.807) is 0 Å². The van der Waals surface area contributed by atoms with Gasteiger partial charge in [0.05, 0.1) is 0 Å². The van der Waals surface area contributed by atoms with Crippen molar-refractivity contribution in [1.29, 1.82) is 0 Å². The summed E-state index contributed by atoms with van der Waals surface area (Å²) in [4.78, 5) is 0. The van der Waals surface area contributed by atoms with Crippen molar-refractivity contribution >= 4 is 0 Å². The van der Waals surface area contributed by atoms with Crippen LogP contribution in [0.15, 0.2) is 0 Å². The van der Waals surface area contributed by atoms with Crippen LogP contribution in [0.4, 0.5) is 0 Å². The van der Waals surface area contributed by atoms with E-state index < -0.39 is 0 Å². The van der Waals surface area contributed by atoms with E-state index in [0.29, 0.717) is 0 Å². The molecule has 0 radical (unpaired) electrons. The molecule has 2 unspecified atom stereocenters. The average molecular weight is 225 g/mol. The molecule has 0 aromatic carbocycles. The molecule has 16 heavy (non-hydrogen) atoms. The number of hydrogen-bond acceptors (Lipinski definition) is 1. The van der Waals surface area contributed by atoms with E-state index in [2.05, 4.69) is 19.2 Å². The first-order chi connectivity index (χ1) is 7.86. The summed E-state index contributed by atoms with van der Waals surface area (Å²) in [5, 5.41) is 3.77. The minimum atomic E-state index is 0.832. The lowest BCUT2D eigenvalue weighted by atomic mass is 9.98. The van der Waals surface area contributed by atoms with Crippen LogP contribution in [0.3, 0.4) is 0 Å². The molecule has 0 aliphatic heterocycles. The Balaban J connectivity index is 2.03. The van der Waals surface area contributed by atoms with Gasteiger partial charge in [0, 0.05) is 6.04 Å². The van der Waals surface area contributed by atoms with E-state index >= 15 is 0 Å². The summed E-state index contributed by atoms with van der Waals surface area (Å²) in [6, 6.07) is 0.832. The largest absolute Gasteiger partial charge is 0.314 e. The van der Waals surface area contributed by atoms with Crippen LogP contribution < -0.4 is 5.32 Å². The van der Waals surface area contributed by atoms with Crippen LogP contribution in [0.2, 0.25) is 0 Å². The molecular formula is C15H31N. The third-order valence-corrected chi connectivity index (χ3v) is 4.13. The fourth-order valence-electron chi connectivity index (χ4n) is 2.85. The second-order valence-electron chi connectivity index (χ2n) is 5.49. The van der Waals surface area contributed by atoms with Crippen LogP contribution in [0, 0.1) is 5.92 Å². The van der Waals surface area contributed by atoms with Crippen molar-refractivity contribution in [3.8, 4) is 0 Å². The first kappa shape index (κ1) is 14.0. The van der Waals surface area contributed by atoms with Crippen LogP contribution >= 0.6 is 0 Å². The third kappa shape index (κ3) is 5.89. The third-order valence-electron chi connectivity index (χ3n) is 4.13. The molecule has 0 heterocycles. The number of unbranched alkanes of at least 4 members (excludes halogenated alkanes) is 3. The Bertz CT molecular complexity index is 156. The SMILES string of the molecule is CCCCCCNC1CCCC(CC)CC1. The van der Waals surface area contributed by atoms with Gasteiger partial charge in [0.2, 0.25) is 0 Å². The van der Waals surface area contributed by atoms with Crippen molar-refractivity contribution in [2.75, 3.05) is 6.54 Å². The molecule has 0 amide bonds. The zero-order chi connectivity index (χ0) is 11.6. The monoisotopic (exact) mass is 225 g/mol. The maximum absolute atomic E-state index is 3.77. The van der Waals surface area contributed by atoms with Crippen molar-refractivity contribution in [2.24, 2.45) is 5.92 Å². The molecule has 1 rings (SSSR count). The molecule has 1 saturated carbocycles. The number of hydrogen-bond donors (Lipinski definition) is 1. The number of rotatable bonds is 7. The molecule has 0 spiro atoms. The molecule has 1 aliphatic carbocycles. The van der Waals surface area contributed by atoms with Gasteiger partial charge in [0.25, 0.3) is 0 Å². The summed E-state index contributed by atoms with van der Waals surface area (Å²) in [5.74, 6) is 1.02. The summed E-state index contributed by atoms with van der Waals surface area (Å²) >= 11 is 0. The van der Waals surface area contributed by atoms with E-state index in [9.17, 15) is 0 Å². The molecule has 0 bridgehead atoms. The second-order valence-corrected chi connectivity index (χ2v) is 5.49. The van der Waals surface area contributed by atoms with Crippen LogP contribution in [0.5, 0.6) is 0 Å². The van der Waals surface area contributed by atoms with E-state index in [1.807, 2.05) is 0 Å². The Kier molecular flexibility index (Phi) is 7.92. The fraction of sp³-hybridized carbons (Fsp3) is 1.00. The molecular weight excluding hydrogens is 194 g/mol. The lowest BCUT2D eigenvalue weighted by molar-refractivity contribution is 0.422. The van der Waals surface area contributed by atoms with Gasteiger partial charge in [0.1, 0.15) is 0 Å². The fourth-order valence-corrected chi connectivity index (χ4v) is 2.85. The summed E-state index contributed by atoms with van der Waals surface area (Å²) in [7, 11) is 0. The first-order valence-electron chi connectivity index (χ1n) is 7.60. The molecule has 1 nitrogen and oxygen atoms in total. The summed E-state index contributed by atoms with van der Waals surface area (Å²) in [6.07, 6.45) is 14.2. The Morgan fingerprint density at radius 3 is 2.56 bits per heavy atom. The van der Waals surface area contributed by atoms with Gasteiger partial charge in [-0.3, -0.25) is 0 Å². The molecule has 1 fully saturated rings. The van der Waals surface area contributed by atoms with Crippen molar-refractivity contribution in [3.05, 3.63) is 0 Å². The van der Waals surface area contributed by atoms with Crippen molar-refractivity contribution in [1.82, 2.24) is 5.32 Å². The molecule has 1 N–H and O–H groups in total. The Morgan fingerprint density at radius 1 is 0.938 bits per heavy atom. The molecule has 0 aromatic heterocycles. The molecule has 0 saturated heterocycles. The summed E-state index contributed by atoms with van der Waals surface area (Å²) < 4.78 is 0. The van der Waals surface area contributed by atoms with Crippen molar-refractivity contribution < 1.29 is 0 Å². The van der Waals surface area contributed by atoms with Gasteiger partial charge in [-0.2, -0.15) is 0 Å². The van der Waals surface area contributed by atoms with E-state index in [1.165, 1.54) is 70.8 Å². The van der Waals surface area contributed by atoms with Crippen molar-refractivity contribution in [3.63, 3.8) is 0 Å². The van der Waals surface area contributed by atoms with Gasteiger partial charge in [-0.05, 0) is 38.1 Å². The molecule has 1 aliphatic rings. The van der Waals surface area contributed by atoms with Gasteiger partial charge in [-0.15, -0.1) is 0 Å². The topological polar surface area (TPSA) is 12.0 Å². The maximum Gasteiger partial charge on any atom is 0.00671 e. The minimum absolute atomic E-state index is 0.832. The zero-order valence-electron chi connectivity index (χ0n) is 11.4. The normalized spacial score (nSPS) is 26.6. The molecule has 1 heteroatoms. The van der Waals surface area contributed by atoms with Gasteiger partial charge >= 0.3 is 0 Å². The predicted octanol–water partition coefficient (Wildman–Crippen LogP) is 4.52. The average Bonchev–Trinajstić information content (AvgIpc) is 2.54. The number of nitrogens with one attached hydrogen (secondary N) is 1. The predicted molar refractivity (Wildman–Crippen MR) is 72.8 cm³/mol. The lowest BCUT2D eigenvalue weighted by Gasteiger charge is -2.16. The highest BCUT2D eigenvalue weighted by Crippen LogP contribution is 2.25. The van der Waals surface area contributed by atoms with Crippen molar-refractivity contribution in [2.45, 2.75) is 84.1 Å². The highest BCUT2D eigenvalue weighted by molar-refractivity contribution is 4.74. The van der Waals surface area contributed by atoms with Gasteiger partial charge in [-0.25, -0.2) is 0 Å². The van der Waals surface area contributed by atoms with Crippen LogP contribution in [-0.2, 0) is 0 Å². The lowest BCUT2D eigenvalue weighted by Crippen LogP contribution is -2.29. The quantitative estimate of drug-likeness (QED) is 0.496. The van der Waals surface area contributed by atoms with Crippen LogP contribution in [-0.4, -0.2) is 12.6 Å². The molecule has 96 valence electrons. The van der Waals surface area contributed by atoms with Gasteiger partial charge in [0.15, 0.2) is 0 Å². The Morgan fingerprint density at radius 2 is 1.81 bits per heavy atom.